The fourth-order valence-corrected chi connectivity index (χ4v) is 2.67. The molecule has 21 heavy (non-hydrogen) atoms. The topological polar surface area (TPSA) is 75.5 Å². The van der Waals surface area contributed by atoms with E-state index in [9.17, 15) is 14.9 Å². The lowest BCUT2D eigenvalue weighted by molar-refractivity contribution is -0.385. The number of nitrogens with one attached hydrogen (secondary N) is 1. The molecule has 0 saturated carbocycles. The molecule has 0 aliphatic carbocycles. The van der Waals surface area contributed by atoms with Crippen molar-refractivity contribution in [1.82, 2.24) is 10.2 Å². The average molecular weight is 291 g/mol. The molecule has 114 valence electrons. The van der Waals surface area contributed by atoms with Gasteiger partial charge in [0.2, 0.25) is 0 Å². The highest BCUT2D eigenvalue weighted by Gasteiger charge is 2.17. The summed E-state index contributed by atoms with van der Waals surface area (Å²) >= 11 is 0. The molecule has 6 heteroatoms. The van der Waals surface area contributed by atoms with Gasteiger partial charge in [-0.2, -0.15) is 0 Å². The number of hydrogen-bond acceptors (Lipinski definition) is 4. The highest BCUT2D eigenvalue weighted by Crippen LogP contribution is 2.20. The minimum absolute atomic E-state index is 0.0142. The molecule has 0 radical (unpaired) electrons. The molecule has 1 aromatic carbocycles. The molecule has 6 nitrogen and oxygen atoms in total. The van der Waals surface area contributed by atoms with Crippen molar-refractivity contribution < 1.29 is 9.72 Å². The summed E-state index contributed by atoms with van der Waals surface area (Å²) in [5.74, 6) is -0.238. The number of nitrogens with zero attached hydrogens (tertiary/aromatic N) is 2. The maximum Gasteiger partial charge on any atom is 0.273 e. The van der Waals surface area contributed by atoms with Gasteiger partial charge in [0.25, 0.3) is 11.6 Å². The van der Waals surface area contributed by atoms with E-state index in [1.165, 1.54) is 18.9 Å². The van der Waals surface area contributed by atoms with Crippen molar-refractivity contribution in [3.05, 3.63) is 39.4 Å². The first-order valence-electron chi connectivity index (χ1n) is 7.34. The third-order valence-electron chi connectivity index (χ3n) is 3.88. The van der Waals surface area contributed by atoms with Crippen LogP contribution in [0.1, 0.15) is 35.2 Å². The smallest absolute Gasteiger partial charge is 0.273 e. The van der Waals surface area contributed by atoms with E-state index in [-0.39, 0.29) is 11.6 Å². The van der Waals surface area contributed by atoms with Crippen LogP contribution < -0.4 is 5.32 Å². The second-order valence-electron chi connectivity index (χ2n) is 5.37. The second-order valence-corrected chi connectivity index (χ2v) is 5.37. The lowest BCUT2D eigenvalue weighted by Crippen LogP contribution is -2.29. The summed E-state index contributed by atoms with van der Waals surface area (Å²) in [6.45, 7) is 5.50. The second kappa shape index (κ2) is 7.17. The fraction of sp³-hybridized carbons (Fsp3) is 0.533. The Bertz CT molecular complexity index is 525. The SMILES string of the molecule is Cc1c(C(=O)NCCCN2CCCC2)cccc1[N+](=O)[O-]. The first kappa shape index (κ1) is 15.4. The molecule has 0 bridgehead atoms. The van der Waals surface area contributed by atoms with Crippen molar-refractivity contribution in [3.8, 4) is 0 Å². The van der Waals surface area contributed by atoms with Gasteiger partial charge in [0.05, 0.1) is 4.92 Å². The number of rotatable bonds is 6. The quantitative estimate of drug-likeness (QED) is 0.495. The van der Waals surface area contributed by atoms with E-state index in [1.54, 1.807) is 19.1 Å². The molecule has 2 rings (SSSR count). The molecule has 1 N–H and O–H groups in total. The third kappa shape index (κ3) is 4.01. The highest BCUT2D eigenvalue weighted by molar-refractivity contribution is 5.96. The van der Waals surface area contributed by atoms with E-state index in [2.05, 4.69) is 10.2 Å². The van der Waals surface area contributed by atoms with Gasteiger partial charge >= 0.3 is 0 Å². The van der Waals surface area contributed by atoms with Crippen LogP contribution >= 0.6 is 0 Å². The van der Waals surface area contributed by atoms with E-state index >= 15 is 0 Å². The molecule has 0 spiro atoms. The zero-order valence-corrected chi connectivity index (χ0v) is 12.3. The first-order chi connectivity index (χ1) is 10.1. The molecule has 1 fully saturated rings. The molecule has 1 saturated heterocycles. The highest BCUT2D eigenvalue weighted by atomic mass is 16.6. The normalized spacial score (nSPS) is 15.1. The number of nitro groups is 1. The summed E-state index contributed by atoms with van der Waals surface area (Å²) in [5, 5.41) is 13.7. The summed E-state index contributed by atoms with van der Waals surface area (Å²) in [6, 6.07) is 4.59. The largest absolute Gasteiger partial charge is 0.352 e. The van der Waals surface area contributed by atoms with Crippen molar-refractivity contribution in [2.75, 3.05) is 26.2 Å². The maximum atomic E-state index is 12.1. The van der Waals surface area contributed by atoms with Crippen LogP contribution in [0.2, 0.25) is 0 Å². The van der Waals surface area contributed by atoms with Gasteiger partial charge in [0.1, 0.15) is 0 Å². The molecule has 1 amide bonds. The summed E-state index contributed by atoms with van der Waals surface area (Å²) in [5.41, 5.74) is 0.782. The molecule has 0 aromatic heterocycles. The maximum absolute atomic E-state index is 12.1. The van der Waals surface area contributed by atoms with Gasteiger partial charge in [-0.3, -0.25) is 14.9 Å². The number of carbonyl (C=O) groups is 1. The van der Waals surface area contributed by atoms with Gasteiger partial charge in [-0.15, -0.1) is 0 Å². The minimum Gasteiger partial charge on any atom is -0.352 e. The molecular formula is C15H21N3O3. The van der Waals surface area contributed by atoms with Crippen molar-refractivity contribution >= 4 is 11.6 Å². The zero-order valence-electron chi connectivity index (χ0n) is 12.3. The van der Waals surface area contributed by atoms with Gasteiger partial charge in [-0.05, 0) is 51.9 Å². The monoisotopic (exact) mass is 291 g/mol. The molecule has 0 atom stereocenters. The van der Waals surface area contributed by atoms with E-state index in [1.807, 2.05) is 0 Å². The van der Waals surface area contributed by atoms with E-state index in [0.717, 1.165) is 26.1 Å². The van der Waals surface area contributed by atoms with Crippen LogP contribution in [-0.4, -0.2) is 41.9 Å². The van der Waals surface area contributed by atoms with E-state index in [4.69, 9.17) is 0 Å². The van der Waals surface area contributed by atoms with Gasteiger partial charge < -0.3 is 10.2 Å². The van der Waals surface area contributed by atoms with Crippen LogP contribution in [0.5, 0.6) is 0 Å². The molecule has 1 aliphatic heterocycles. The molecule has 0 unspecified atom stereocenters. The van der Waals surface area contributed by atoms with Gasteiger partial charge in [-0.25, -0.2) is 0 Å². The number of benzene rings is 1. The van der Waals surface area contributed by atoms with Crippen LogP contribution in [-0.2, 0) is 0 Å². The Morgan fingerprint density at radius 2 is 2.10 bits per heavy atom. The lowest BCUT2D eigenvalue weighted by Gasteiger charge is -2.14. The Morgan fingerprint density at radius 3 is 2.76 bits per heavy atom. The predicted octanol–water partition coefficient (Wildman–Crippen LogP) is 2.12. The summed E-state index contributed by atoms with van der Waals surface area (Å²) < 4.78 is 0. The fourth-order valence-electron chi connectivity index (χ4n) is 2.67. The van der Waals surface area contributed by atoms with Crippen molar-refractivity contribution in [2.24, 2.45) is 0 Å². The van der Waals surface area contributed by atoms with Crippen molar-refractivity contribution in [1.29, 1.82) is 0 Å². The number of amides is 1. The Hall–Kier alpha value is -1.95. The zero-order chi connectivity index (χ0) is 15.2. The molecular weight excluding hydrogens is 270 g/mol. The Balaban J connectivity index is 1.85. The predicted molar refractivity (Wildman–Crippen MR) is 80.5 cm³/mol. The number of nitro benzene ring substituents is 1. The van der Waals surface area contributed by atoms with Crippen LogP contribution in [0.4, 0.5) is 5.69 Å². The third-order valence-corrected chi connectivity index (χ3v) is 3.88. The van der Waals surface area contributed by atoms with Gasteiger partial charge in [-0.1, -0.05) is 6.07 Å². The van der Waals surface area contributed by atoms with E-state index < -0.39 is 4.92 Å². The number of likely N-dealkylation sites (tertiary alicyclic amines) is 1. The van der Waals surface area contributed by atoms with Crippen LogP contribution in [0.15, 0.2) is 18.2 Å². The van der Waals surface area contributed by atoms with E-state index in [0.29, 0.717) is 17.7 Å². The average Bonchev–Trinajstić information content (AvgIpc) is 2.96. The van der Waals surface area contributed by atoms with Crippen molar-refractivity contribution in [3.63, 3.8) is 0 Å². The standard InChI is InChI=1S/C15H21N3O3/c1-12-13(6-4-7-14(12)18(20)21)15(19)16-8-5-11-17-9-2-3-10-17/h4,6-7H,2-3,5,8-11H2,1H3,(H,16,19). The Morgan fingerprint density at radius 1 is 1.38 bits per heavy atom. The van der Waals surface area contributed by atoms with Crippen LogP contribution in [0, 0.1) is 17.0 Å². The Kier molecular flexibility index (Phi) is 5.27. The molecule has 1 heterocycles. The first-order valence-corrected chi connectivity index (χ1v) is 7.34. The lowest BCUT2D eigenvalue weighted by atomic mass is 10.1. The minimum atomic E-state index is -0.459. The number of hydrogen-bond donors (Lipinski definition) is 1. The summed E-state index contributed by atoms with van der Waals surface area (Å²) in [6.07, 6.45) is 3.43. The number of carbonyl (C=O) groups excluding carboxylic acids is 1. The van der Waals surface area contributed by atoms with Crippen LogP contribution in [0.25, 0.3) is 0 Å². The van der Waals surface area contributed by atoms with Crippen molar-refractivity contribution in [2.45, 2.75) is 26.2 Å². The Labute approximate surface area is 124 Å². The molecule has 1 aliphatic rings. The van der Waals surface area contributed by atoms with Crippen LogP contribution in [0.3, 0.4) is 0 Å². The molecule has 1 aromatic rings. The van der Waals surface area contributed by atoms with Gasteiger partial charge in [0.15, 0.2) is 0 Å². The summed E-state index contributed by atoms with van der Waals surface area (Å²) in [4.78, 5) is 24.9. The summed E-state index contributed by atoms with van der Waals surface area (Å²) in [7, 11) is 0. The van der Waals surface area contributed by atoms with Gasteiger partial charge in [0, 0.05) is 23.7 Å².